The van der Waals surface area contributed by atoms with Gasteiger partial charge in [-0.15, -0.1) is 0 Å². The van der Waals surface area contributed by atoms with Crippen molar-refractivity contribution in [2.24, 2.45) is 0 Å². The maximum absolute atomic E-state index is 5.44. The van der Waals surface area contributed by atoms with Crippen LogP contribution in [0.1, 0.15) is 18.4 Å². The first kappa shape index (κ1) is 10.5. The highest BCUT2D eigenvalue weighted by Crippen LogP contribution is 2.16. The Balaban J connectivity index is 2.47. The van der Waals surface area contributed by atoms with Crippen molar-refractivity contribution < 1.29 is 0 Å². The lowest BCUT2D eigenvalue weighted by Crippen LogP contribution is -1.99. The molecule has 5 nitrogen and oxygen atoms in total. The molecular formula is C11H13N5. The van der Waals surface area contributed by atoms with Crippen LogP contribution in [0.4, 0.5) is 5.95 Å². The van der Waals surface area contributed by atoms with E-state index in [1.165, 1.54) is 0 Å². The number of hydrogen-bond acceptors (Lipinski definition) is 5. The van der Waals surface area contributed by atoms with Gasteiger partial charge in [0.15, 0.2) is 0 Å². The fourth-order valence-electron chi connectivity index (χ4n) is 1.41. The summed E-state index contributed by atoms with van der Waals surface area (Å²) in [5, 5.41) is 0. The molecule has 0 aliphatic rings. The molecule has 2 rings (SSSR count). The van der Waals surface area contributed by atoms with Crippen molar-refractivity contribution >= 4 is 5.95 Å². The molecule has 0 saturated heterocycles. The molecule has 0 saturated carbocycles. The zero-order chi connectivity index (χ0) is 11.5. The van der Waals surface area contributed by atoms with Gasteiger partial charge >= 0.3 is 0 Å². The molecule has 0 amide bonds. The normalized spacial score (nSPS) is 10.4. The van der Waals surface area contributed by atoms with E-state index in [0.29, 0.717) is 0 Å². The average Bonchev–Trinajstić information content (AvgIpc) is 2.29. The summed E-state index contributed by atoms with van der Waals surface area (Å²) in [5.41, 5.74) is 8.07. The van der Waals surface area contributed by atoms with Gasteiger partial charge in [0.05, 0.1) is 5.69 Å². The number of nitrogens with zero attached hydrogens (tertiary/aromatic N) is 4. The first-order chi connectivity index (χ1) is 7.69. The largest absolute Gasteiger partial charge is 0.368 e. The van der Waals surface area contributed by atoms with Crippen molar-refractivity contribution in [1.82, 2.24) is 19.9 Å². The third kappa shape index (κ3) is 2.13. The van der Waals surface area contributed by atoms with Gasteiger partial charge in [-0.25, -0.2) is 19.9 Å². The molecule has 0 radical (unpaired) electrons. The molecule has 0 atom stereocenters. The molecule has 0 spiro atoms. The zero-order valence-electron chi connectivity index (χ0n) is 9.31. The summed E-state index contributed by atoms with van der Waals surface area (Å²) < 4.78 is 0. The Bertz CT molecular complexity index is 492. The van der Waals surface area contributed by atoms with Gasteiger partial charge in [-0.05, 0) is 13.0 Å². The van der Waals surface area contributed by atoms with Gasteiger partial charge in [0.2, 0.25) is 5.95 Å². The fourth-order valence-corrected chi connectivity index (χ4v) is 1.41. The van der Waals surface area contributed by atoms with Crippen LogP contribution in [0.15, 0.2) is 18.5 Å². The number of aryl methyl sites for hydroxylation is 2. The van der Waals surface area contributed by atoms with E-state index < -0.39 is 0 Å². The lowest BCUT2D eigenvalue weighted by molar-refractivity contribution is 0.920. The van der Waals surface area contributed by atoms with Gasteiger partial charge in [0.1, 0.15) is 5.82 Å². The maximum Gasteiger partial charge on any atom is 0.219 e. The summed E-state index contributed by atoms with van der Waals surface area (Å²) >= 11 is 0. The van der Waals surface area contributed by atoms with Crippen LogP contribution in [0.3, 0.4) is 0 Å². The van der Waals surface area contributed by atoms with Crippen LogP contribution in [-0.2, 0) is 6.42 Å². The van der Waals surface area contributed by atoms with Gasteiger partial charge in [-0.3, -0.25) is 0 Å². The van der Waals surface area contributed by atoms with Crippen molar-refractivity contribution in [3.8, 4) is 11.3 Å². The zero-order valence-corrected chi connectivity index (χ0v) is 9.31. The molecule has 0 bridgehead atoms. The lowest BCUT2D eigenvalue weighted by atomic mass is 10.2. The topological polar surface area (TPSA) is 77.6 Å². The molecule has 2 aromatic rings. The Morgan fingerprint density at radius 3 is 2.50 bits per heavy atom. The highest BCUT2D eigenvalue weighted by Gasteiger charge is 2.04. The number of anilines is 1. The number of rotatable bonds is 2. The molecule has 0 fully saturated rings. The molecule has 82 valence electrons. The summed E-state index contributed by atoms with van der Waals surface area (Å²) in [6, 6.07) is 1.91. The van der Waals surface area contributed by atoms with Crippen LogP contribution in [-0.4, -0.2) is 19.9 Å². The second-order valence-electron chi connectivity index (χ2n) is 3.49. The highest BCUT2D eigenvalue weighted by atomic mass is 15.0. The average molecular weight is 215 g/mol. The van der Waals surface area contributed by atoms with Crippen molar-refractivity contribution in [2.75, 3.05) is 5.73 Å². The monoisotopic (exact) mass is 215 g/mol. The molecule has 0 unspecified atom stereocenters. The molecule has 5 heteroatoms. The molecule has 2 heterocycles. The summed E-state index contributed by atoms with van der Waals surface area (Å²) in [4.78, 5) is 16.6. The van der Waals surface area contributed by atoms with Gasteiger partial charge in [0.25, 0.3) is 0 Å². The predicted octanol–water partition coefficient (Wildman–Crippen LogP) is 1.39. The number of hydrogen-bond donors (Lipinski definition) is 1. The summed E-state index contributed by atoms with van der Waals surface area (Å²) in [5.74, 6) is 1.09. The molecule has 2 N–H and O–H groups in total. The van der Waals surface area contributed by atoms with Gasteiger partial charge < -0.3 is 5.73 Å². The van der Waals surface area contributed by atoms with Crippen LogP contribution in [0, 0.1) is 6.92 Å². The van der Waals surface area contributed by atoms with Crippen LogP contribution < -0.4 is 5.73 Å². The molecular weight excluding hydrogens is 202 g/mol. The Hall–Kier alpha value is -2.04. The first-order valence-corrected chi connectivity index (χ1v) is 5.11. The van der Waals surface area contributed by atoms with E-state index in [2.05, 4.69) is 19.9 Å². The van der Waals surface area contributed by atoms with E-state index in [1.807, 2.05) is 19.9 Å². The van der Waals surface area contributed by atoms with Crippen molar-refractivity contribution in [2.45, 2.75) is 20.3 Å². The smallest absolute Gasteiger partial charge is 0.219 e. The molecule has 16 heavy (non-hydrogen) atoms. The van der Waals surface area contributed by atoms with Crippen LogP contribution in [0.2, 0.25) is 0 Å². The molecule has 0 aromatic carbocycles. The lowest BCUT2D eigenvalue weighted by Gasteiger charge is -2.04. The van der Waals surface area contributed by atoms with E-state index in [1.54, 1.807) is 12.4 Å². The quantitative estimate of drug-likeness (QED) is 0.819. The van der Waals surface area contributed by atoms with Crippen LogP contribution in [0.5, 0.6) is 0 Å². The number of nitrogen functional groups attached to an aromatic ring is 1. The van der Waals surface area contributed by atoms with Crippen LogP contribution >= 0.6 is 0 Å². The second kappa shape index (κ2) is 4.22. The third-order valence-corrected chi connectivity index (χ3v) is 2.18. The second-order valence-corrected chi connectivity index (χ2v) is 3.49. The maximum atomic E-state index is 5.44. The number of aromatic nitrogens is 4. The Morgan fingerprint density at radius 1 is 1.19 bits per heavy atom. The first-order valence-electron chi connectivity index (χ1n) is 5.11. The number of nitrogens with two attached hydrogens (primary N) is 1. The van der Waals surface area contributed by atoms with Crippen molar-refractivity contribution in [1.29, 1.82) is 0 Å². The van der Waals surface area contributed by atoms with Gasteiger partial charge in [-0.2, -0.15) is 0 Å². The minimum absolute atomic E-state index is 0.269. The van der Waals surface area contributed by atoms with E-state index in [9.17, 15) is 0 Å². The van der Waals surface area contributed by atoms with Gasteiger partial charge in [-0.1, -0.05) is 6.92 Å². The Labute approximate surface area is 93.8 Å². The highest BCUT2D eigenvalue weighted by molar-refractivity contribution is 5.57. The summed E-state index contributed by atoms with van der Waals surface area (Å²) in [6.45, 7) is 3.97. The minimum atomic E-state index is 0.269. The van der Waals surface area contributed by atoms with E-state index in [0.717, 1.165) is 29.2 Å². The Kier molecular flexibility index (Phi) is 2.76. The van der Waals surface area contributed by atoms with E-state index in [-0.39, 0.29) is 5.95 Å². The summed E-state index contributed by atoms with van der Waals surface area (Å²) in [6.07, 6.45) is 4.15. The van der Waals surface area contributed by atoms with Crippen molar-refractivity contribution in [3.63, 3.8) is 0 Å². The molecule has 2 aromatic heterocycles. The Morgan fingerprint density at radius 2 is 1.88 bits per heavy atom. The standard InChI is InChI=1S/C11H13N5/c1-3-10-15-7(2)4-9(16-10)8-5-13-11(12)14-6-8/h4-6H,3H2,1-2H3,(H2,12,13,14). The van der Waals surface area contributed by atoms with Gasteiger partial charge in [0, 0.05) is 30.1 Å². The minimum Gasteiger partial charge on any atom is -0.368 e. The fraction of sp³-hybridized carbons (Fsp3) is 0.273. The predicted molar refractivity (Wildman–Crippen MR) is 61.6 cm³/mol. The van der Waals surface area contributed by atoms with E-state index >= 15 is 0 Å². The molecule has 0 aliphatic heterocycles. The SMILES string of the molecule is CCc1nc(C)cc(-c2cnc(N)nc2)n1. The van der Waals surface area contributed by atoms with E-state index in [4.69, 9.17) is 5.73 Å². The third-order valence-electron chi connectivity index (χ3n) is 2.18. The molecule has 0 aliphatic carbocycles. The van der Waals surface area contributed by atoms with Crippen molar-refractivity contribution in [3.05, 3.63) is 30.0 Å². The van der Waals surface area contributed by atoms with Crippen LogP contribution in [0.25, 0.3) is 11.3 Å². The summed E-state index contributed by atoms with van der Waals surface area (Å²) in [7, 11) is 0.